The number of aromatic nitrogens is 2. The van der Waals surface area contributed by atoms with Crippen LogP contribution in [0.5, 0.6) is 5.75 Å². The van der Waals surface area contributed by atoms with Crippen molar-refractivity contribution in [2.45, 2.75) is 26.7 Å². The summed E-state index contributed by atoms with van der Waals surface area (Å²) in [6.07, 6.45) is 3.37. The summed E-state index contributed by atoms with van der Waals surface area (Å²) in [5.74, 6) is -0.108. The van der Waals surface area contributed by atoms with E-state index in [0.29, 0.717) is 24.7 Å². The van der Waals surface area contributed by atoms with E-state index in [4.69, 9.17) is 9.47 Å². The molecule has 1 amide bonds. The zero-order chi connectivity index (χ0) is 21.7. The second-order valence-electron chi connectivity index (χ2n) is 7.13. The van der Waals surface area contributed by atoms with Crippen molar-refractivity contribution in [2.24, 2.45) is 5.92 Å². The van der Waals surface area contributed by atoms with Gasteiger partial charge in [-0.15, -0.1) is 0 Å². The Kier molecular flexibility index (Phi) is 6.65. The molecule has 30 heavy (non-hydrogen) atoms. The molecule has 1 aromatic heterocycles. The smallest absolute Gasteiger partial charge is 0.362 e. The highest BCUT2D eigenvalue weighted by atomic mass is 16.6. The summed E-state index contributed by atoms with van der Waals surface area (Å²) in [6.45, 7) is 5.16. The van der Waals surface area contributed by atoms with Gasteiger partial charge in [-0.3, -0.25) is 14.9 Å². The minimum Gasteiger partial charge on any atom is -0.480 e. The Hall–Kier alpha value is -3.43. The van der Waals surface area contributed by atoms with Gasteiger partial charge in [-0.05, 0) is 37.8 Å². The third kappa shape index (κ3) is 4.94. The zero-order valence-electron chi connectivity index (χ0n) is 16.9. The third-order valence-electron chi connectivity index (χ3n) is 4.96. The molecule has 1 aliphatic rings. The number of nitrogens with zero attached hydrogens (tertiary/aromatic N) is 4. The number of benzene rings is 1. The van der Waals surface area contributed by atoms with Gasteiger partial charge in [0, 0.05) is 25.2 Å². The number of likely N-dealkylation sites (tertiary alicyclic amines) is 1. The summed E-state index contributed by atoms with van der Waals surface area (Å²) in [5, 5.41) is 15.0. The molecule has 2 heterocycles. The van der Waals surface area contributed by atoms with Crippen LogP contribution in [-0.4, -0.2) is 57.8 Å². The molecule has 0 bridgehead atoms. The van der Waals surface area contributed by atoms with E-state index in [-0.39, 0.29) is 36.3 Å². The minimum atomic E-state index is -0.674. The number of rotatable bonds is 7. The van der Waals surface area contributed by atoms with Gasteiger partial charge < -0.3 is 14.4 Å². The first kappa shape index (κ1) is 21.3. The Morgan fingerprint density at radius 1 is 1.23 bits per heavy atom. The average molecular weight is 416 g/mol. The van der Waals surface area contributed by atoms with Gasteiger partial charge in [0.2, 0.25) is 5.69 Å². The van der Waals surface area contributed by atoms with Gasteiger partial charge in [-0.25, -0.2) is 9.48 Å². The summed E-state index contributed by atoms with van der Waals surface area (Å²) >= 11 is 0. The van der Waals surface area contributed by atoms with Gasteiger partial charge in [-0.1, -0.05) is 6.92 Å². The molecule has 0 atom stereocenters. The molecule has 0 saturated carbocycles. The molecular formula is C20H24N4O6. The van der Waals surface area contributed by atoms with Gasteiger partial charge >= 0.3 is 5.97 Å². The first-order valence-electron chi connectivity index (χ1n) is 9.81. The lowest BCUT2D eigenvalue weighted by Crippen LogP contribution is -2.40. The van der Waals surface area contributed by atoms with E-state index in [9.17, 15) is 19.7 Å². The fourth-order valence-corrected chi connectivity index (χ4v) is 3.15. The molecule has 10 nitrogen and oxygen atoms in total. The Balaban J connectivity index is 1.77. The highest BCUT2D eigenvalue weighted by molar-refractivity contribution is 5.90. The Morgan fingerprint density at radius 3 is 2.50 bits per heavy atom. The number of carbonyl (C=O) groups excluding carboxylic acids is 2. The SMILES string of the molecule is CCOC(=O)c1nn(-c2ccc([N+](=O)[O-])cc2)cc1OCC(=O)N1CCC(C)CC1. The van der Waals surface area contributed by atoms with Crippen molar-refractivity contribution in [1.29, 1.82) is 0 Å². The third-order valence-corrected chi connectivity index (χ3v) is 4.96. The van der Waals surface area contributed by atoms with E-state index < -0.39 is 10.9 Å². The second kappa shape index (κ2) is 9.38. The van der Waals surface area contributed by atoms with Crippen molar-refractivity contribution in [1.82, 2.24) is 14.7 Å². The fourth-order valence-electron chi connectivity index (χ4n) is 3.15. The van der Waals surface area contributed by atoms with Crippen LogP contribution in [0.15, 0.2) is 30.5 Å². The van der Waals surface area contributed by atoms with Crippen LogP contribution >= 0.6 is 0 Å². The topological polar surface area (TPSA) is 117 Å². The fraction of sp³-hybridized carbons (Fsp3) is 0.450. The lowest BCUT2D eigenvalue weighted by Gasteiger charge is -2.30. The number of amides is 1. The van der Waals surface area contributed by atoms with E-state index >= 15 is 0 Å². The second-order valence-corrected chi connectivity index (χ2v) is 7.13. The van der Waals surface area contributed by atoms with Crippen molar-refractivity contribution >= 4 is 17.6 Å². The molecule has 1 saturated heterocycles. The number of piperidine rings is 1. The highest BCUT2D eigenvalue weighted by Gasteiger charge is 2.24. The summed E-state index contributed by atoms with van der Waals surface area (Å²) < 4.78 is 12.0. The molecule has 160 valence electrons. The maximum Gasteiger partial charge on any atom is 0.362 e. The lowest BCUT2D eigenvalue weighted by molar-refractivity contribution is -0.384. The van der Waals surface area contributed by atoms with Crippen LogP contribution in [0.3, 0.4) is 0 Å². The van der Waals surface area contributed by atoms with E-state index in [1.807, 2.05) is 0 Å². The van der Waals surface area contributed by atoms with Gasteiger partial charge in [0.25, 0.3) is 11.6 Å². The van der Waals surface area contributed by atoms with Gasteiger partial charge in [0.15, 0.2) is 12.4 Å². The number of esters is 1. The summed E-state index contributed by atoms with van der Waals surface area (Å²) in [4.78, 5) is 36.8. The summed E-state index contributed by atoms with van der Waals surface area (Å²) in [5.41, 5.74) is 0.377. The quantitative estimate of drug-likeness (QED) is 0.387. The monoisotopic (exact) mass is 416 g/mol. The predicted octanol–water partition coefficient (Wildman–Crippen LogP) is 2.59. The molecule has 0 unspecified atom stereocenters. The summed E-state index contributed by atoms with van der Waals surface area (Å²) in [7, 11) is 0. The van der Waals surface area contributed by atoms with Gasteiger partial charge in [-0.2, -0.15) is 5.10 Å². The maximum absolute atomic E-state index is 12.5. The normalized spacial score (nSPS) is 14.4. The number of ether oxygens (including phenoxy) is 2. The molecule has 0 radical (unpaired) electrons. The highest BCUT2D eigenvalue weighted by Crippen LogP contribution is 2.23. The number of hydrogen-bond acceptors (Lipinski definition) is 7. The molecule has 0 N–H and O–H groups in total. The van der Waals surface area contributed by atoms with Crippen LogP contribution in [-0.2, 0) is 9.53 Å². The predicted molar refractivity (Wildman–Crippen MR) is 107 cm³/mol. The standard InChI is InChI=1S/C20H24N4O6/c1-3-29-20(26)19-17(30-13-18(25)22-10-8-14(2)9-11-22)12-23(21-19)15-4-6-16(7-5-15)24(27)28/h4-7,12,14H,3,8-11,13H2,1-2H3. The van der Waals surface area contributed by atoms with Crippen molar-refractivity contribution in [3.8, 4) is 11.4 Å². The number of hydrogen-bond donors (Lipinski definition) is 0. The number of nitro benzene ring substituents is 1. The van der Waals surface area contributed by atoms with Crippen molar-refractivity contribution in [2.75, 3.05) is 26.3 Å². The van der Waals surface area contributed by atoms with Gasteiger partial charge in [0.05, 0.1) is 23.4 Å². The molecule has 1 aliphatic heterocycles. The van der Waals surface area contributed by atoms with Crippen molar-refractivity contribution < 1.29 is 24.0 Å². The number of carbonyl (C=O) groups is 2. The first-order chi connectivity index (χ1) is 14.4. The van der Waals surface area contributed by atoms with Crippen LogP contribution < -0.4 is 4.74 Å². The van der Waals surface area contributed by atoms with Gasteiger partial charge in [0.1, 0.15) is 0 Å². The van der Waals surface area contributed by atoms with Crippen LogP contribution in [0.4, 0.5) is 5.69 Å². The zero-order valence-corrected chi connectivity index (χ0v) is 16.9. The van der Waals surface area contributed by atoms with Crippen LogP contribution in [0.25, 0.3) is 5.69 Å². The molecule has 1 fully saturated rings. The average Bonchev–Trinajstić information content (AvgIpc) is 3.17. The number of non-ortho nitro benzene ring substituents is 1. The van der Waals surface area contributed by atoms with Crippen LogP contribution in [0.2, 0.25) is 0 Å². The van der Waals surface area contributed by atoms with Crippen LogP contribution in [0.1, 0.15) is 37.2 Å². The Labute approximate surface area is 173 Å². The Morgan fingerprint density at radius 2 is 1.90 bits per heavy atom. The van der Waals surface area contributed by atoms with E-state index in [1.54, 1.807) is 11.8 Å². The minimum absolute atomic E-state index is 0.0599. The van der Waals surface area contributed by atoms with Crippen molar-refractivity contribution in [3.05, 3.63) is 46.3 Å². The maximum atomic E-state index is 12.5. The lowest BCUT2D eigenvalue weighted by atomic mass is 9.99. The Bertz CT molecular complexity index is 916. The molecule has 1 aromatic carbocycles. The molecule has 0 aliphatic carbocycles. The molecule has 0 spiro atoms. The molecule has 10 heteroatoms. The van der Waals surface area contributed by atoms with Crippen LogP contribution in [0, 0.1) is 16.0 Å². The molecule has 2 aromatic rings. The molecular weight excluding hydrogens is 392 g/mol. The largest absolute Gasteiger partial charge is 0.480 e. The number of nitro groups is 1. The van der Waals surface area contributed by atoms with E-state index in [2.05, 4.69) is 12.0 Å². The molecule has 3 rings (SSSR count). The van der Waals surface area contributed by atoms with Crippen molar-refractivity contribution in [3.63, 3.8) is 0 Å². The van der Waals surface area contributed by atoms with E-state index in [1.165, 1.54) is 35.1 Å². The summed E-state index contributed by atoms with van der Waals surface area (Å²) in [6, 6.07) is 5.68. The first-order valence-corrected chi connectivity index (χ1v) is 9.81. The van der Waals surface area contributed by atoms with E-state index in [0.717, 1.165) is 12.8 Å².